The maximum atomic E-state index is 9.45. The lowest BCUT2D eigenvalue weighted by molar-refractivity contribution is 0.144. The summed E-state index contributed by atoms with van der Waals surface area (Å²) in [4.78, 5) is 8.80. The summed E-state index contributed by atoms with van der Waals surface area (Å²) in [6.07, 6.45) is 3.00. The Kier molecular flexibility index (Phi) is 2.56. The van der Waals surface area contributed by atoms with Gasteiger partial charge in [0.15, 0.2) is 11.6 Å². The second kappa shape index (κ2) is 4.10. The van der Waals surface area contributed by atoms with Gasteiger partial charge in [0.05, 0.1) is 23.2 Å². The van der Waals surface area contributed by atoms with E-state index >= 15 is 0 Å². The van der Waals surface area contributed by atoms with E-state index in [2.05, 4.69) is 15.3 Å². The zero-order valence-corrected chi connectivity index (χ0v) is 10.1. The van der Waals surface area contributed by atoms with Gasteiger partial charge in [-0.2, -0.15) is 0 Å². The maximum Gasteiger partial charge on any atom is 0.170 e. The SMILES string of the molecule is Nc1nc2ccccc2nc1NC1(CO)CCC1. The number of aromatic nitrogens is 2. The second-order valence-corrected chi connectivity index (χ2v) is 4.86. The minimum absolute atomic E-state index is 0.0982. The number of nitrogens with zero attached hydrogens (tertiary/aromatic N) is 2. The smallest absolute Gasteiger partial charge is 0.170 e. The number of aliphatic hydroxyl groups is 1. The molecule has 3 rings (SSSR count). The van der Waals surface area contributed by atoms with Gasteiger partial charge in [-0.05, 0) is 31.4 Å². The Morgan fingerprint density at radius 3 is 2.44 bits per heavy atom. The van der Waals surface area contributed by atoms with E-state index in [1.165, 1.54) is 0 Å². The molecule has 0 aliphatic heterocycles. The van der Waals surface area contributed by atoms with Crippen molar-refractivity contribution in [2.75, 3.05) is 17.7 Å². The summed E-state index contributed by atoms with van der Waals surface area (Å²) in [7, 11) is 0. The van der Waals surface area contributed by atoms with E-state index < -0.39 is 0 Å². The highest BCUT2D eigenvalue weighted by Crippen LogP contribution is 2.35. The number of anilines is 2. The third-order valence-corrected chi connectivity index (χ3v) is 3.59. The Labute approximate surface area is 105 Å². The average molecular weight is 244 g/mol. The lowest BCUT2D eigenvalue weighted by Gasteiger charge is -2.41. The summed E-state index contributed by atoms with van der Waals surface area (Å²) in [5.74, 6) is 0.955. The molecule has 0 unspecified atom stereocenters. The summed E-state index contributed by atoms with van der Waals surface area (Å²) in [5.41, 5.74) is 7.24. The van der Waals surface area contributed by atoms with Crippen LogP contribution in [0.25, 0.3) is 11.0 Å². The van der Waals surface area contributed by atoms with Crippen LogP contribution in [0.5, 0.6) is 0 Å². The van der Waals surface area contributed by atoms with Crippen molar-refractivity contribution in [3.05, 3.63) is 24.3 Å². The molecule has 5 nitrogen and oxygen atoms in total. The molecule has 1 aromatic heterocycles. The molecule has 1 aromatic carbocycles. The molecule has 1 heterocycles. The van der Waals surface area contributed by atoms with Crippen LogP contribution in [0.1, 0.15) is 19.3 Å². The Morgan fingerprint density at radius 1 is 1.22 bits per heavy atom. The normalized spacial score (nSPS) is 17.4. The first-order valence-electron chi connectivity index (χ1n) is 6.14. The number of fused-ring (bicyclic) bond motifs is 1. The number of para-hydroxylation sites is 2. The average Bonchev–Trinajstić information content (AvgIpc) is 2.34. The quantitative estimate of drug-likeness (QED) is 0.762. The van der Waals surface area contributed by atoms with Gasteiger partial charge >= 0.3 is 0 Å². The molecule has 0 amide bonds. The van der Waals surface area contributed by atoms with Gasteiger partial charge in [0.25, 0.3) is 0 Å². The molecular weight excluding hydrogens is 228 g/mol. The van der Waals surface area contributed by atoms with Crippen LogP contribution in [0.2, 0.25) is 0 Å². The number of aliphatic hydroxyl groups excluding tert-OH is 1. The van der Waals surface area contributed by atoms with E-state index in [0.29, 0.717) is 11.6 Å². The molecule has 0 bridgehead atoms. The Bertz CT molecular complexity index is 575. The van der Waals surface area contributed by atoms with Crippen molar-refractivity contribution in [3.63, 3.8) is 0 Å². The summed E-state index contributed by atoms with van der Waals surface area (Å²) in [5, 5.41) is 12.7. The van der Waals surface area contributed by atoms with Gasteiger partial charge in [-0.1, -0.05) is 12.1 Å². The lowest BCUT2D eigenvalue weighted by atomic mass is 9.77. The first-order valence-corrected chi connectivity index (χ1v) is 6.14. The molecule has 0 spiro atoms. The fourth-order valence-electron chi connectivity index (χ4n) is 2.28. The molecule has 18 heavy (non-hydrogen) atoms. The Morgan fingerprint density at radius 2 is 1.89 bits per heavy atom. The molecular formula is C13H16N4O. The van der Waals surface area contributed by atoms with Crippen LogP contribution >= 0.6 is 0 Å². The molecule has 1 aliphatic rings. The Hall–Kier alpha value is -1.88. The van der Waals surface area contributed by atoms with Crippen LogP contribution in [-0.4, -0.2) is 27.2 Å². The number of hydrogen-bond acceptors (Lipinski definition) is 5. The van der Waals surface area contributed by atoms with Gasteiger partial charge in [-0.25, -0.2) is 9.97 Å². The molecule has 0 atom stereocenters. The molecule has 0 saturated heterocycles. The van der Waals surface area contributed by atoms with E-state index in [0.717, 1.165) is 30.3 Å². The molecule has 5 heteroatoms. The minimum atomic E-state index is -0.259. The van der Waals surface area contributed by atoms with Crippen LogP contribution < -0.4 is 11.1 Å². The molecule has 2 aromatic rings. The van der Waals surface area contributed by atoms with Gasteiger partial charge in [0.1, 0.15) is 0 Å². The highest BCUT2D eigenvalue weighted by molar-refractivity contribution is 5.79. The van der Waals surface area contributed by atoms with Crippen molar-refractivity contribution < 1.29 is 5.11 Å². The number of hydrogen-bond donors (Lipinski definition) is 3. The molecule has 1 aliphatic carbocycles. The predicted molar refractivity (Wildman–Crippen MR) is 71.2 cm³/mol. The van der Waals surface area contributed by atoms with Crippen molar-refractivity contribution in [1.29, 1.82) is 0 Å². The van der Waals surface area contributed by atoms with Gasteiger partial charge in [-0.3, -0.25) is 0 Å². The highest BCUT2D eigenvalue weighted by atomic mass is 16.3. The van der Waals surface area contributed by atoms with Gasteiger partial charge in [-0.15, -0.1) is 0 Å². The Balaban J connectivity index is 1.98. The summed E-state index contributed by atoms with van der Waals surface area (Å²) < 4.78 is 0. The third-order valence-electron chi connectivity index (χ3n) is 3.59. The van der Waals surface area contributed by atoms with Crippen LogP contribution in [-0.2, 0) is 0 Å². The van der Waals surface area contributed by atoms with Crippen molar-refractivity contribution in [3.8, 4) is 0 Å². The topological polar surface area (TPSA) is 84.1 Å². The van der Waals surface area contributed by atoms with Gasteiger partial charge in [0.2, 0.25) is 0 Å². The lowest BCUT2D eigenvalue weighted by Crippen LogP contribution is -2.48. The predicted octanol–water partition coefficient (Wildman–Crippen LogP) is 1.54. The van der Waals surface area contributed by atoms with E-state index in [4.69, 9.17) is 5.73 Å². The third kappa shape index (κ3) is 1.76. The second-order valence-electron chi connectivity index (χ2n) is 4.86. The van der Waals surface area contributed by atoms with Crippen molar-refractivity contribution in [2.45, 2.75) is 24.8 Å². The number of nitrogens with two attached hydrogens (primary N) is 1. The van der Waals surface area contributed by atoms with Gasteiger partial charge < -0.3 is 16.2 Å². The van der Waals surface area contributed by atoms with Crippen molar-refractivity contribution in [1.82, 2.24) is 9.97 Å². The van der Waals surface area contributed by atoms with E-state index in [1.54, 1.807) is 0 Å². The first kappa shape index (κ1) is 11.2. The number of benzene rings is 1. The van der Waals surface area contributed by atoms with Crippen molar-refractivity contribution in [2.24, 2.45) is 0 Å². The zero-order chi connectivity index (χ0) is 12.6. The molecule has 94 valence electrons. The first-order chi connectivity index (χ1) is 8.72. The fourth-order valence-corrected chi connectivity index (χ4v) is 2.28. The van der Waals surface area contributed by atoms with Crippen LogP contribution in [0.4, 0.5) is 11.6 Å². The summed E-state index contributed by atoms with van der Waals surface area (Å²) >= 11 is 0. The maximum absolute atomic E-state index is 9.45. The minimum Gasteiger partial charge on any atom is -0.394 e. The molecule has 1 fully saturated rings. The number of nitrogen functional groups attached to an aromatic ring is 1. The van der Waals surface area contributed by atoms with E-state index in [1.807, 2.05) is 24.3 Å². The monoisotopic (exact) mass is 244 g/mol. The fraction of sp³-hybridized carbons (Fsp3) is 0.385. The van der Waals surface area contributed by atoms with E-state index in [9.17, 15) is 5.11 Å². The standard InChI is InChI=1S/C13H16N4O/c14-11-12(17-13(8-18)6-3-7-13)16-10-5-2-1-4-9(10)15-11/h1-2,4-5,18H,3,6-8H2,(H2,14,15)(H,16,17). The number of nitrogens with one attached hydrogen (secondary N) is 1. The number of rotatable bonds is 3. The zero-order valence-electron chi connectivity index (χ0n) is 10.1. The van der Waals surface area contributed by atoms with Crippen molar-refractivity contribution >= 4 is 22.7 Å². The van der Waals surface area contributed by atoms with Crippen LogP contribution in [0.15, 0.2) is 24.3 Å². The largest absolute Gasteiger partial charge is 0.394 e. The van der Waals surface area contributed by atoms with Crippen LogP contribution in [0, 0.1) is 0 Å². The highest BCUT2D eigenvalue weighted by Gasteiger charge is 2.37. The molecule has 4 N–H and O–H groups in total. The van der Waals surface area contributed by atoms with Crippen LogP contribution in [0.3, 0.4) is 0 Å². The summed E-state index contributed by atoms with van der Waals surface area (Å²) in [6.45, 7) is 0.0982. The molecule has 0 radical (unpaired) electrons. The molecule has 1 saturated carbocycles. The van der Waals surface area contributed by atoms with Gasteiger partial charge in [0, 0.05) is 0 Å². The summed E-state index contributed by atoms with van der Waals surface area (Å²) in [6, 6.07) is 7.61. The van der Waals surface area contributed by atoms with E-state index in [-0.39, 0.29) is 12.1 Å².